The Morgan fingerprint density at radius 3 is 2.90 bits per heavy atom. The molecule has 1 amide bonds. The molecule has 0 spiro atoms. The van der Waals surface area contributed by atoms with E-state index in [1.807, 2.05) is 0 Å². The van der Waals surface area contributed by atoms with E-state index in [1.54, 1.807) is 19.1 Å². The number of amides is 1. The van der Waals surface area contributed by atoms with E-state index in [4.69, 9.17) is 0 Å². The predicted octanol–water partition coefficient (Wildman–Crippen LogP) is 2.58. The van der Waals surface area contributed by atoms with Crippen LogP contribution in [0.25, 0.3) is 0 Å². The van der Waals surface area contributed by atoms with Gasteiger partial charge in [0.1, 0.15) is 5.82 Å². The van der Waals surface area contributed by atoms with Gasteiger partial charge in [0.15, 0.2) is 11.5 Å². The third kappa shape index (κ3) is 1.93. The number of nitrogens with one attached hydrogen (secondary N) is 1. The molecule has 1 aliphatic rings. The van der Waals surface area contributed by atoms with E-state index in [-0.39, 0.29) is 12.2 Å². The topological polar surface area (TPSA) is 46.9 Å². The van der Waals surface area contributed by atoms with E-state index >= 15 is 0 Å². The first-order valence-electron chi connectivity index (χ1n) is 5.90. The van der Waals surface area contributed by atoms with E-state index < -0.39 is 23.1 Å². The SMILES string of the molecule is C[C@@]1(c2cc(Br)ccc2F)Cn2ncc(F)c2C(=O)N1. The Labute approximate surface area is 121 Å². The molecule has 1 aromatic heterocycles. The van der Waals surface area contributed by atoms with Crippen molar-refractivity contribution in [1.29, 1.82) is 0 Å². The number of hydrogen-bond donors (Lipinski definition) is 1. The van der Waals surface area contributed by atoms with Gasteiger partial charge in [-0.2, -0.15) is 5.10 Å². The molecular formula is C13H10BrF2N3O. The molecule has 0 unspecified atom stereocenters. The maximum atomic E-state index is 14.0. The summed E-state index contributed by atoms with van der Waals surface area (Å²) in [4.78, 5) is 12.0. The Balaban J connectivity index is 2.11. The second-order valence-electron chi connectivity index (χ2n) is 4.91. The molecule has 0 saturated carbocycles. The van der Waals surface area contributed by atoms with Gasteiger partial charge in [0.05, 0.1) is 18.3 Å². The van der Waals surface area contributed by atoms with Gasteiger partial charge in [-0.25, -0.2) is 8.78 Å². The van der Waals surface area contributed by atoms with Gasteiger partial charge in [0.2, 0.25) is 0 Å². The summed E-state index contributed by atoms with van der Waals surface area (Å²) in [6.45, 7) is 1.84. The minimum atomic E-state index is -0.990. The number of rotatable bonds is 1. The van der Waals surface area contributed by atoms with Gasteiger partial charge < -0.3 is 5.32 Å². The van der Waals surface area contributed by atoms with Gasteiger partial charge in [-0.05, 0) is 25.1 Å². The van der Waals surface area contributed by atoms with Crippen molar-refractivity contribution in [2.45, 2.75) is 19.0 Å². The van der Waals surface area contributed by atoms with Crippen molar-refractivity contribution >= 4 is 21.8 Å². The molecule has 1 aliphatic heterocycles. The quantitative estimate of drug-likeness (QED) is 0.866. The van der Waals surface area contributed by atoms with Crippen LogP contribution in [0.15, 0.2) is 28.9 Å². The highest BCUT2D eigenvalue weighted by atomic mass is 79.9. The number of aromatic nitrogens is 2. The number of nitrogens with zero attached hydrogens (tertiary/aromatic N) is 2. The average molecular weight is 342 g/mol. The summed E-state index contributed by atoms with van der Waals surface area (Å²) >= 11 is 3.28. The van der Waals surface area contributed by atoms with Crippen molar-refractivity contribution < 1.29 is 13.6 Å². The van der Waals surface area contributed by atoms with Crippen molar-refractivity contribution in [3.63, 3.8) is 0 Å². The Morgan fingerprint density at radius 1 is 1.40 bits per heavy atom. The van der Waals surface area contributed by atoms with Crippen molar-refractivity contribution in [1.82, 2.24) is 15.1 Å². The minimum absolute atomic E-state index is 0.127. The van der Waals surface area contributed by atoms with Crippen molar-refractivity contribution in [2.24, 2.45) is 0 Å². The Hall–Kier alpha value is -1.76. The molecule has 4 nitrogen and oxygen atoms in total. The zero-order chi connectivity index (χ0) is 14.5. The standard InChI is InChI=1S/C13H10BrF2N3O/c1-13(8-4-7(14)2-3-9(8)15)6-19-11(12(20)18-13)10(16)5-17-19/h2-5H,6H2,1H3,(H,18,20)/t13-/m0/s1. The molecule has 1 N–H and O–H groups in total. The second kappa shape index (κ2) is 4.37. The summed E-state index contributed by atoms with van der Waals surface area (Å²) in [7, 11) is 0. The van der Waals surface area contributed by atoms with Crippen LogP contribution in [-0.2, 0) is 12.1 Å². The maximum Gasteiger partial charge on any atom is 0.273 e. The summed E-state index contributed by atoms with van der Waals surface area (Å²) < 4.78 is 29.4. The minimum Gasteiger partial charge on any atom is -0.339 e. The lowest BCUT2D eigenvalue weighted by Gasteiger charge is -2.35. The van der Waals surface area contributed by atoms with Gasteiger partial charge in [0, 0.05) is 10.0 Å². The van der Waals surface area contributed by atoms with E-state index in [2.05, 4.69) is 26.3 Å². The van der Waals surface area contributed by atoms with Crippen molar-refractivity contribution in [2.75, 3.05) is 0 Å². The fourth-order valence-electron chi connectivity index (χ4n) is 2.43. The zero-order valence-corrected chi connectivity index (χ0v) is 12.0. The molecule has 1 aromatic carbocycles. The molecule has 2 aromatic rings. The normalized spacial score (nSPS) is 21.5. The first kappa shape index (κ1) is 13.2. The number of hydrogen-bond acceptors (Lipinski definition) is 2. The van der Waals surface area contributed by atoms with Gasteiger partial charge in [0.25, 0.3) is 5.91 Å². The van der Waals surface area contributed by atoms with Gasteiger partial charge >= 0.3 is 0 Å². The van der Waals surface area contributed by atoms with Crippen molar-refractivity contribution in [3.05, 3.63) is 51.8 Å². The highest BCUT2D eigenvalue weighted by Crippen LogP contribution is 2.31. The molecule has 0 bridgehead atoms. The van der Waals surface area contributed by atoms with Gasteiger partial charge in [-0.1, -0.05) is 15.9 Å². The van der Waals surface area contributed by atoms with Crippen LogP contribution in [0.2, 0.25) is 0 Å². The van der Waals surface area contributed by atoms with E-state index in [1.165, 1.54) is 10.7 Å². The highest BCUT2D eigenvalue weighted by Gasteiger charge is 2.39. The summed E-state index contributed by atoms with van der Waals surface area (Å²) in [5.41, 5.74) is -0.796. The van der Waals surface area contributed by atoms with Crippen LogP contribution < -0.4 is 5.32 Å². The summed E-state index contributed by atoms with van der Waals surface area (Å²) in [6, 6.07) is 4.49. The van der Waals surface area contributed by atoms with Crippen LogP contribution in [0, 0.1) is 11.6 Å². The highest BCUT2D eigenvalue weighted by molar-refractivity contribution is 9.10. The van der Waals surface area contributed by atoms with Crippen LogP contribution in [0.1, 0.15) is 23.0 Å². The Morgan fingerprint density at radius 2 is 2.15 bits per heavy atom. The fraction of sp³-hybridized carbons (Fsp3) is 0.231. The maximum absolute atomic E-state index is 14.0. The van der Waals surface area contributed by atoms with Crippen LogP contribution in [0.5, 0.6) is 0 Å². The molecule has 20 heavy (non-hydrogen) atoms. The number of carbonyl (C=O) groups is 1. The molecule has 0 fully saturated rings. The Bertz CT molecular complexity index is 716. The number of halogens is 3. The molecular weight excluding hydrogens is 332 g/mol. The largest absolute Gasteiger partial charge is 0.339 e. The third-order valence-electron chi connectivity index (χ3n) is 3.39. The first-order valence-corrected chi connectivity index (χ1v) is 6.69. The molecule has 3 rings (SSSR count). The van der Waals surface area contributed by atoms with Gasteiger partial charge in [-0.15, -0.1) is 0 Å². The predicted molar refractivity (Wildman–Crippen MR) is 71.1 cm³/mol. The number of benzene rings is 1. The monoisotopic (exact) mass is 341 g/mol. The molecule has 7 heteroatoms. The fourth-order valence-corrected chi connectivity index (χ4v) is 2.79. The molecule has 1 atom stereocenters. The molecule has 0 saturated heterocycles. The number of carbonyl (C=O) groups excluding carboxylic acids is 1. The summed E-state index contributed by atoms with van der Waals surface area (Å²) in [5.74, 6) is -1.72. The lowest BCUT2D eigenvalue weighted by atomic mass is 9.89. The van der Waals surface area contributed by atoms with Crippen LogP contribution in [-0.4, -0.2) is 15.7 Å². The average Bonchev–Trinajstić information content (AvgIpc) is 2.73. The molecule has 104 valence electrons. The van der Waals surface area contributed by atoms with Crippen LogP contribution >= 0.6 is 15.9 Å². The van der Waals surface area contributed by atoms with Gasteiger partial charge in [-0.3, -0.25) is 9.48 Å². The summed E-state index contributed by atoms with van der Waals surface area (Å²) in [6.07, 6.45) is 0.984. The molecule has 2 heterocycles. The van der Waals surface area contributed by atoms with E-state index in [9.17, 15) is 13.6 Å². The molecule has 0 aliphatic carbocycles. The van der Waals surface area contributed by atoms with Crippen LogP contribution in [0.4, 0.5) is 8.78 Å². The molecule has 0 radical (unpaired) electrons. The van der Waals surface area contributed by atoms with E-state index in [0.717, 1.165) is 6.20 Å². The third-order valence-corrected chi connectivity index (χ3v) is 3.88. The Kier molecular flexibility index (Phi) is 2.89. The lowest BCUT2D eigenvalue weighted by Crippen LogP contribution is -2.52. The zero-order valence-electron chi connectivity index (χ0n) is 10.5. The lowest BCUT2D eigenvalue weighted by molar-refractivity contribution is 0.0830. The van der Waals surface area contributed by atoms with Crippen LogP contribution in [0.3, 0.4) is 0 Å². The number of fused-ring (bicyclic) bond motifs is 1. The summed E-state index contributed by atoms with van der Waals surface area (Å²) in [5, 5.41) is 6.49. The smallest absolute Gasteiger partial charge is 0.273 e. The second-order valence-corrected chi connectivity index (χ2v) is 5.82. The van der Waals surface area contributed by atoms with E-state index in [0.29, 0.717) is 10.0 Å². The first-order chi connectivity index (χ1) is 9.40. The van der Waals surface area contributed by atoms with Crippen molar-refractivity contribution in [3.8, 4) is 0 Å².